The van der Waals surface area contributed by atoms with Crippen LogP contribution in [0.25, 0.3) is 11.4 Å². The molecule has 1 N–H and O–H groups in total. The quantitative estimate of drug-likeness (QED) is 0.642. The number of aromatic nitrogens is 2. The van der Waals surface area contributed by atoms with E-state index in [1.165, 1.54) is 12.1 Å². The molecule has 28 heavy (non-hydrogen) atoms. The first-order valence-corrected chi connectivity index (χ1v) is 10.4. The van der Waals surface area contributed by atoms with Crippen molar-refractivity contribution in [2.75, 3.05) is 0 Å². The van der Waals surface area contributed by atoms with E-state index in [2.05, 4.69) is 33.7 Å². The summed E-state index contributed by atoms with van der Waals surface area (Å²) >= 11 is 0. The fourth-order valence-electron chi connectivity index (χ4n) is 4.32. The van der Waals surface area contributed by atoms with Gasteiger partial charge in [-0.1, -0.05) is 36.8 Å². The van der Waals surface area contributed by atoms with Gasteiger partial charge in [-0.3, -0.25) is 4.90 Å². The van der Waals surface area contributed by atoms with Crippen LogP contribution in [0.4, 0.5) is 0 Å². The highest BCUT2D eigenvalue weighted by molar-refractivity contribution is 5.57. The van der Waals surface area contributed by atoms with Crippen molar-refractivity contribution in [1.29, 1.82) is 0 Å². The maximum atomic E-state index is 11.4. The highest BCUT2D eigenvalue weighted by Crippen LogP contribution is 2.37. The van der Waals surface area contributed by atoms with E-state index in [0.717, 1.165) is 61.5 Å². The number of nitrogens with zero attached hydrogens (tertiary/aromatic N) is 3. The van der Waals surface area contributed by atoms with Crippen LogP contribution in [0.3, 0.4) is 0 Å². The molecule has 3 aromatic rings. The summed E-state index contributed by atoms with van der Waals surface area (Å²) < 4.78 is 7.90. The summed E-state index contributed by atoms with van der Waals surface area (Å²) in [5.41, 5.74) is 3.15. The minimum absolute atomic E-state index is 0.406. The van der Waals surface area contributed by atoms with E-state index in [-0.39, 0.29) is 0 Å². The molecule has 2 aliphatic rings. The Morgan fingerprint density at radius 1 is 1.11 bits per heavy atom. The maximum Gasteiger partial charge on any atom is 0.153 e. The Morgan fingerprint density at radius 3 is 2.71 bits per heavy atom. The molecule has 1 atom stereocenters. The van der Waals surface area contributed by atoms with Crippen molar-refractivity contribution >= 4 is 0 Å². The van der Waals surface area contributed by atoms with E-state index < -0.39 is 6.23 Å². The number of aliphatic hydroxyl groups excluding tert-OH is 1. The normalized spacial score (nSPS) is 18.1. The van der Waals surface area contributed by atoms with Gasteiger partial charge in [-0.05, 0) is 44.2 Å². The average Bonchev–Trinajstić information content (AvgIpc) is 3.40. The van der Waals surface area contributed by atoms with Gasteiger partial charge in [0.25, 0.3) is 0 Å². The number of fused-ring (bicyclic) bond motifs is 1. The Labute approximate surface area is 165 Å². The lowest BCUT2D eigenvalue weighted by atomic mass is 10.1. The lowest BCUT2D eigenvalue weighted by Gasteiger charge is -2.26. The van der Waals surface area contributed by atoms with E-state index in [4.69, 9.17) is 9.40 Å². The fourth-order valence-corrected chi connectivity index (χ4v) is 4.32. The molecule has 1 saturated carbocycles. The molecule has 0 radical (unpaired) electrons. The van der Waals surface area contributed by atoms with E-state index in [1.807, 2.05) is 18.2 Å². The molecule has 0 bridgehead atoms. The second-order valence-corrected chi connectivity index (χ2v) is 7.95. The average molecular weight is 377 g/mol. The summed E-state index contributed by atoms with van der Waals surface area (Å²) in [5.74, 6) is 1.87. The van der Waals surface area contributed by atoms with Crippen molar-refractivity contribution in [2.45, 2.75) is 63.9 Å². The Morgan fingerprint density at radius 2 is 1.96 bits per heavy atom. The molecule has 5 heteroatoms. The largest absolute Gasteiger partial charge is 0.468 e. The summed E-state index contributed by atoms with van der Waals surface area (Å²) in [6.45, 7) is 1.59. The number of hydrogen-bond donors (Lipinski definition) is 1. The van der Waals surface area contributed by atoms with Crippen LogP contribution in [0.5, 0.6) is 0 Å². The first-order valence-electron chi connectivity index (χ1n) is 10.4. The molecule has 2 aromatic heterocycles. The highest BCUT2D eigenvalue weighted by Gasteiger charge is 2.37. The van der Waals surface area contributed by atoms with Crippen LogP contribution >= 0.6 is 0 Å². The Balaban J connectivity index is 1.54. The summed E-state index contributed by atoms with van der Waals surface area (Å²) in [4.78, 5) is 7.16. The second kappa shape index (κ2) is 7.57. The molecule has 1 aliphatic heterocycles. The van der Waals surface area contributed by atoms with Crippen LogP contribution in [0.1, 0.15) is 55.5 Å². The van der Waals surface area contributed by atoms with Crippen LogP contribution in [0.15, 0.2) is 53.1 Å². The molecule has 146 valence electrons. The van der Waals surface area contributed by atoms with Crippen molar-refractivity contribution in [3.8, 4) is 11.4 Å². The SMILES string of the molecule is OC(c1nc(-c2ccccc2)n2c1CCCCC2)N(Cc1ccco1)C1CC1. The topological polar surface area (TPSA) is 54.4 Å². The van der Waals surface area contributed by atoms with Gasteiger partial charge in [0.1, 0.15) is 17.3 Å². The first kappa shape index (κ1) is 17.7. The molecule has 3 heterocycles. The second-order valence-electron chi connectivity index (χ2n) is 7.95. The third-order valence-corrected chi connectivity index (χ3v) is 5.92. The molecule has 0 saturated heterocycles. The molecule has 5 nitrogen and oxygen atoms in total. The number of imidazole rings is 1. The minimum Gasteiger partial charge on any atom is -0.468 e. The maximum absolute atomic E-state index is 11.4. The van der Waals surface area contributed by atoms with E-state index >= 15 is 0 Å². The van der Waals surface area contributed by atoms with Crippen LogP contribution < -0.4 is 0 Å². The smallest absolute Gasteiger partial charge is 0.153 e. The molecule has 1 aromatic carbocycles. The summed E-state index contributed by atoms with van der Waals surface area (Å²) in [6, 6.07) is 14.6. The van der Waals surface area contributed by atoms with E-state index in [0.29, 0.717) is 12.6 Å². The zero-order valence-corrected chi connectivity index (χ0v) is 16.1. The lowest BCUT2D eigenvalue weighted by molar-refractivity contribution is -0.0180. The van der Waals surface area contributed by atoms with Crippen molar-refractivity contribution in [2.24, 2.45) is 0 Å². The first-order chi connectivity index (χ1) is 13.8. The van der Waals surface area contributed by atoms with Crippen molar-refractivity contribution < 1.29 is 9.52 Å². The van der Waals surface area contributed by atoms with Crippen LogP contribution in [-0.4, -0.2) is 25.6 Å². The third-order valence-electron chi connectivity index (χ3n) is 5.92. The number of furan rings is 1. The summed E-state index contributed by atoms with van der Waals surface area (Å²) in [7, 11) is 0. The molecular weight excluding hydrogens is 350 g/mol. The fraction of sp³-hybridized carbons (Fsp3) is 0.435. The Kier molecular flexibility index (Phi) is 4.79. The number of rotatable bonds is 6. The van der Waals surface area contributed by atoms with Gasteiger partial charge in [-0.25, -0.2) is 4.98 Å². The van der Waals surface area contributed by atoms with Crippen molar-refractivity contribution in [3.05, 3.63) is 65.9 Å². The third kappa shape index (κ3) is 3.40. The number of benzene rings is 1. The van der Waals surface area contributed by atoms with E-state index in [1.54, 1.807) is 6.26 Å². The van der Waals surface area contributed by atoms with Gasteiger partial charge in [0.05, 0.1) is 12.8 Å². The highest BCUT2D eigenvalue weighted by atomic mass is 16.3. The van der Waals surface area contributed by atoms with E-state index in [9.17, 15) is 5.11 Å². The standard InChI is InChI=1S/C23H27N3O2/c27-23(26(18-12-13-18)16-19-10-7-15-28-19)21-20-11-5-2-6-14-25(20)22(24-21)17-8-3-1-4-9-17/h1,3-4,7-10,15,18,23,27H,2,5-6,11-14,16H2. The minimum atomic E-state index is -0.700. The van der Waals surface area contributed by atoms with Crippen LogP contribution in [0, 0.1) is 0 Å². The molecule has 1 aliphatic carbocycles. The van der Waals surface area contributed by atoms with Gasteiger partial charge in [0, 0.05) is 23.8 Å². The Bertz CT molecular complexity index is 913. The molecule has 0 spiro atoms. The molecular formula is C23H27N3O2. The monoisotopic (exact) mass is 377 g/mol. The van der Waals surface area contributed by atoms with Gasteiger partial charge in [0.15, 0.2) is 6.23 Å². The lowest BCUT2D eigenvalue weighted by Crippen LogP contribution is -2.31. The number of hydrogen-bond acceptors (Lipinski definition) is 4. The Hall–Kier alpha value is -2.37. The summed E-state index contributed by atoms with van der Waals surface area (Å²) in [5, 5.41) is 11.4. The van der Waals surface area contributed by atoms with Gasteiger partial charge in [-0.15, -0.1) is 0 Å². The van der Waals surface area contributed by atoms with Crippen LogP contribution in [0.2, 0.25) is 0 Å². The molecule has 5 rings (SSSR count). The van der Waals surface area contributed by atoms with Crippen LogP contribution in [-0.2, 0) is 19.5 Å². The molecule has 1 unspecified atom stereocenters. The van der Waals surface area contributed by atoms with Gasteiger partial charge in [0.2, 0.25) is 0 Å². The van der Waals surface area contributed by atoms with Crippen molar-refractivity contribution in [1.82, 2.24) is 14.5 Å². The predicted molar refractivity (Wildman–Crippen MR) is 107 cm³/mol. The predicted octanol–water partition coefficient (Wildman–Crippen LogP) is 4.53. The van der Waals surface area contributed by atoms with Crippen molar-refractivity contribution in [3.63, 3.8) is 0 Å². The molecule has 1 fully saturated rings. The number of aliphatic hydroxyl groups is 1. The molecule has 0 amide bonds. The summed E-state index contributed by atoms with van der Waals surface area (Å²) in [6.07, 6.45) is 7.77. The zero-order valence-electron chi connectivity index (χ0n) is 16.1. The van der Waals surface area contributed by atoms with Gasteiger partial charge < -0.3 is 14.1 Å². The van der Waals surface area contributed by atoms with Gasteiger partial charge in [-0.2, -0.15) is 0 Å². The zero-order chi connectivity index (χ0) is 18.9. The van der Waals surface area contributed by atoms with Gasteiger partial charge >= 0.3 is 0 Å².